The second-order valence-corrected chi connectivity index (χ2v) is 7.72. The Kier molecular flexibility index (Phi) is 7.27. The Morgan fingerprint density at radius 1 is 1.27 bits per heavy atom. The summed E-state index contributed by atoms with van der Waals surface area (Å²) in [6, 6.07) is 8.95. The molecule has 0 saturated heterocycles. The molecule has 1 atom stereocenters. The van der Waals surface area contributed by atoms with Crippen LogP contribution in [-0.2, 0) is 4.74 Å². The van der Waals surface area contributed by atoms with Gasteiger partial charge in [0, 0.05) is 17.4 Å². The van der Waals surface area contributed by atoms with Gasteiger partial charge >= 0.3 is 0 Å². The second-order valence-electron chi connectivity index (χ2n) is 6.88. The lowest BCUT2D eigenvalue weighted by Crippen LogP contribution is -2.33. The molecule has 2 rings (SSSR count). The quantitative estimate of drug-likeness (QED) is 0.402. The van der Waals surface area contributed by atoms with Crippen molar-refractivity contribution in [3.8, 4) is 5.75 Å². The van der Waals surface area contributed by atoms with E-state index in [1.165, 1.54) is 0 Å². The fourth-order valence-electron chi connectivity index (χ4n) is 2.39. The van der Waals surface area contributed by atoms with Gasteiger partial charge in [0.2, 0.25) is 0 Å². The highest BCUT2D eigenvalue weighted by atomic mass is 35.5. The largest absolute Gasteiger partial charge is 0.457 e. The van der Waals surface area contributed by atoms with Crippen LogP contribution < -0.4 is 4.74 Å². The van der Waals surface area contributed by atoms with Crippen LogP contribution in [0.1, 0.15) is 26.3 Å². The Balaban J connectivity index is 2.46. The van der Waals surface area contributed by atoms with Crippen molar-refractivity contribution >= 4 is 29.3 Å². The van der Waals surface area contributed by atoms with Crippen LogP contribution in [0.5, 0.6) is 5.75 Å². The van der Waals surface area contributed by atoms with Gasteiger partial charge in [0.25, 0.3) is 0 Å². The van der Waals surface area contributed by atoms with Crippen LogP contribution >= 0.6 is 23.2 Å². The van der Waals surface area contributed by atoms with E-state index in [1.54, 1.807) is 36.7 Å². The molecule has 0 fully saturated rings. The first-order valence-electron chi connectivity index (χ1n) is 8.28. The number of aromatic nitrogens is 1. The lowest BCUT2D eigenvalue weighted by atomic mass is 9.87. The third kappa shape index (κ3) is 5.87. The van der Waals surface area contributed by atoms with E-state index in [1.807, 2.05) is 18.2 Å². The molecule has 3 nitrogen and oxygen atoms in total. The predicted molar refractivity (Wildman–Crippen MR) is 109 cm³/mol. The summed E-state index contributed by atoms with van der Waals surface area (Å²) >= 11 is 12.3. The van der Waals surface area contributed by atoms with E-state index < -0.39 is 0 Å². The molecule has 1 heterocycles. The Morgan fingerprint density at radius 2 is 2.04 bits per heavy atom. The molecule has 0 amide bonds. The first kappa shape index (κ1) is 20.5. The zero-order valence-corrected chi connectivity index (χ0v) is 16.7. The fourth-order valence-corrected chi connectivity index (χ4v) is 2.84. The standard InChI is InChI=1S/C21H23Cl2NO2/c1-5-11-25-20(21(2,3)4)19(12-15-7-6-10-24-14-15)26-18-9-8-16(22)13-17(18)23/h5-10,12-14,20H,1,11H2,2-4H3. The van der Waals surface area contributed by atoms with E-state index in [2.05, 4.69) is 32.3 Å². The number of hydrogen-bond acceptors (Lipinski definition) is 3. The molecule has 1 aromatic carbocycles. The molecule has 0 saturated carbocycles. The van der Waals surface area contributed by atoms with Gasteiger partial charge in [0.15, 0.2) is 0 Å². The minimum absolute atomic E-state index is 0.212. The van der Waals surface area contributed by atoms with Crippen LogP contribution in [0.2, 0.25) is 10.0 Å². The van der Waals surface area contributed by atoms with Gasteiger partial charge in [-0.25, -0.2) is 0 Å². The normalized spacial score (nSPS) is 13.3. The van der Waals surface area contributed by atoms with E-state index in [4.69, 9.17) is 32.7 Å². The van der Waals surface area contributed by atoms with Gasteiger partial charge in [-0.15, -0.1) is 6.58 Å². The van der Waals surface area contributed by atoms with Gasteiger partial charge in [-0.1, -0.05) is 56.1 Å². The van der Waals surface area contributed by atoms with Gasteiger partial charge in [-0.05, 0) is 41.3 Å². The molecule has 0 radical (unpaired) electrons. The van der Waals surface area contributed by atoms with Crippen LogP contribution in [0.15, 0.2) is 61.1 Å². The molecule has 138 valence electrons. The summed E-state index contributed by atoms with van der Waals surface area (Å²) in [6.45, 7) is 10.4. The molecular weight excluding hydrogens is 369 g/mol. The molecule has 0 aliphatic heterocycles. The number of hydrogen-bond donors (Lipinski definition) is 0. The van der Waals surface area contributed by atoms with Crippen LogP contribution in [-0.4, -0.2) is 17.7 Å². The monoisotopic (exact) mass is 391 g/mol. The number of rotatable bonds is 7. The summed E-state index contributed by atoms with van der Waals surface area (Å²) in [5.41, 5.74) is 0.694. The third-order valence-electron chi connectivity index (χ3n) is 3.54. The van der Waals surface area contributed by atoms with Gasteiger partial charge < -0.3 is 9.47 Å². The minimum Gasteiger partial charge on any atom is -0.457 e. The van der Waals surface area contributed by atoms with Gasteiger partial charge in [-0.2, -0.15) is 0 Å². The summed E-state index contributed by atoms with van der Waals surface area (Å²) in [4.78, 5) is 4.16. The summed E-state index contributed by atoms with van der Waals surface area (Å²) < 4.78 is 12.2. The summed E-state index contributed by atoms with van der Waals surface area (Å²) in [7, 11) is 0. The Bertz CT molecular complexity index is 767. The van der Waals surface area contributed by atoms with Crippen molar-refractivity contribution in [1.29, 1.82) is 0 Å². The van der Waals surface area contributed by atoms with Crippen LogP contribution in [0, 0.1) is 5.41 Å². The van der Waals surface area contributed by atoms with Crippen molar-refractivity contribution in [2.75, 3.05) is 6.61 Å². The fraction of sp³-hybridized carbons (Fsp3) is 0.286. The number of benzene rings is 1. The van der Waals surface area contributed by atoms with Crippen molar-refractivity contribution < 1.29 is 9.47 Å². The molecule has 0 spiro atoms. The van der Waals surface area contributed by atoms with Crippen molar-refractivity contribution in [3.05, 3.63) is 76.7 Å². The van der Waals surface area contributed by atoms with Crippen LogP contribution in [0.4, 0.5) is 0 Å². The van der Waals surface area contributed by atoms with Crippen LogP contribution in [0.25, 0.3) is 6.08 Å². The van der Waals surface area contributed by atoms with Crippen molar-refractivity contribution in [2.24, 2.45) is 5.41 Å². The van der Waals surface area contributed by atoms with E-state index in [9.17, 15) is 0 Å². The first-order chi connectivity index (χ1) is 12.3. The molecule has 0 bridgehead atoms. The van der Waals surface area contributed by atoms with E-state index in [0.717, 1.165) is 5.56 Å². The number of halogens is 2. The zero-order chi connectivity index (χ0) is 19.2. The highest BCUT2D eigenvalue weighted by Crippen LogP contribution is 2.34. The molecule has 2 aromatic rings. The average molecular weight is 392 g/mol. The minimum atomic E-state index is -0.313. The summed E-state index contributed by atoms with van der Waals surface area (Å²) in [5.74, 6) is 1.15. The predicted octanol–water partition coefficient (Wildman–Crippen LogP) is 6.43. The maximum atomic E-state index is 6.29. The second kappa shape index (κ2) is 9.22. The smallest absolute Gasteiger partial charge is 0.145 e. The maximum Gasteiger partial charge on any atom is 0.145 e. The van der Waals surface area contributed by atoms with Crippen molar-refractivity contribution in [1.82, 2.24) is 4.98 Å². The van der Waals surface area contributed by atoms with E-state index >= 15 is 0 Å². The number of ether oxygens (including phenoxy) is 2. The van der Waals surface area contributed by atoms with Crippen LogP contribution in [0.3, 0.4) is 0 Å². The topological polar surface area (TPSA) is 31.4 Å². The zero-order valence-electron chi connectivity index (χ0n) is 15.2. The maximum absolute atomic E-state index is 6.29. The molecular formula is C21H23Cl2NO2. The molecule has 0 aliphatic rings. The van der Waals surface area contributed by atoms with Gasteiger partial charge in [0.1, 0.15) is 17.6 Å². The van der Waals surface area contributed by atoms with E-state index in [-0.39, 0.29) is 11.5 Å². The highest BCUT2D eigenvalue weighted by Gasteiger charge is 2.31. The Morgan fingerprint density at radius 3 is 2.62 bits per heavy atom. The Labute approximate surface area is 165 Å². The summed E-state index contributed by atoms with van der Waals surface area (Å²) in [6.07, 6.45) is 6.81. The third-order valence-corrected chi connectivity index (χ3v) is 4.07. The SMILES string of the molecule is C=CCOC(C(=Cc1cccnc1)Oc1ccc(Cl)cc1Cl)C(C)(C)C. The average Bonchev–Trinajstić information content (AvgIpc) is 2.57. The summed E-state index contributed by atoms with van der Waals surface area (Å²) in [5, 5.41) is 0.987. The van der Waals surface area contributed by atoms with E-state index in [0.29, 0.717) is 28.2 Å². The lowest BCUT2D eigenvalue weighted by molar-refractivity contribution is 0.00176. The van der Waals surface area contributed by atoms with Gasteiger partial charge in [-0.3, -0.25) is 4.98 Å². The highest BCUT2D eigenvalue weighted by molar-refractivity contribution is 6.35. The number of pyridine rings is 1. The molecule has 0 aliphatic carbocycles. The lowest BCUT2D eigenvalue weighted by Gasteiger charge is -2.32. The molecule has 0 N–H and O–H groups in total. The molecule has 26 heavy (non-hydrogen) atoms. The molecule has 1 unspecified atom stereocenters. The molecule has 5 heteroatoms. The Hall–Kier alpha value is -1.81. The number of nitrogens with zero attached hydrogens (tertiary/aromatic N) is 1. The molecule has 1 aromatic heterocycles. The first-order valence-corrected chi connectivity index (χ1v) is 9.04. The van der Waals surface area contributed by atoms with Gasteiger partial charge in [0.05, 0.1) is 11.6 Å². The van der Waals surface area contributed by atoms with Crippen molar-refractivity contribution in [3.63, 3.8) is 0 Å². The van der Waals surface area contributed by atoms with Crippen molar-refractivity contribution in [2.45, 2.75) is 26.9 Å².